The maximum atomic E-state index is 11.3. The summed E-state index contributed by atoms with van der Waals surface area (Å²) in [6, 6.07) is 1.94. The van der Waals surface area contributed by atoms with E-state index in [-0.39, 0.29) is 5.91 Å². The molecule has 6 heteroatoms. The molecule has 19 heavy (non-hydrogen) atoms. The number of hydrogen-bond acceptors (Lipinski definition) is 5. The van der Waals surface area contributed by atoms with Gasteiger partial charge in [-0.05, 0) is 13.8 Å². The highest BCUT2D eigenvalue weighted by molar-refractivity contribution is 5.76. The average Bonchev–Trinajstić information content (AvgIpc) is 2.54. The van der Waals surface area contributed by atoms with Crippen molar-refractivity contribution < 1.29 is 4.79 Å². The van der Waals surface area contributed by atoms with Crippen molar-refractivity contribution in [1.29, 1.82) is 0 Å². The zero-order valence-corrected chi connectivity index (χ0v) is 11.6. The number of aryl methyl sites for hydroxylation is 1. The molecule has 0 unspecified atom stereocenters. The van der Waals surface area contributed by atoms with Crippen molar-refractivity contribution in [2.75, 3.05) is 31.5 Å². The van der Waals surface area contributed by atoms with Crippen LogP contribution in [-0.2, 0) is 11.3 Å². The van der Waals surface area contributed by atoms with Gasteiger partial charge in [0.05, 0.1) is 6.54 Å². The van der Waals surface area contributed by atoms with Gasteiger partial charge in [-0.25, -0.2) is 9.97 Å². The molecule has 0 saturated carbocycles. The van der Waals surface area contributed by atoms with Crippen molar-refractivity contribution >= 4 is 11.7 Å². The Labute approximate surface area is 113 Å². The quantitative estimate of drug-likeness (QED) is 0.829. The second-order valence-electron chi connectivity index (χ2n) is 4.72. The van der Waals surface area contributed by atoms with Gasteiger partial charge in [-0.3, -0.25) is 9.69 Å². The summed E-state index contributed by atoms with van der Waals surface area (Å²) in [6.07, 6.45) is 0.548. The number of rotatable bonds is 4. The summed E-state index contributed by atoms with van der Waals surface area (Å²) in [4.78, 5) is 22.5. The predicted molar refractivity (Wildman–Crippen MR) is 73.8 cm³/mol. The molecular formula is C13H21N5O. The Bertz CT molecular complexity index is 449. The number of anilines is 1. The summed E-state index contributed by atoms with van der Waals surface area (Å²) < 4.78 is 0. The fourth-order valence-corrected chi connectivity index (χ4v) is 2.14. The highest BCUT2D eigenvalue weighted by Gasteiger charge is 2.15. The van der Waals surface area contributed by atoms with Crippen LogP contribution in [0.2, 0.25) is 0 Å². The Balaban J connectivity index is 2.03. The van der Waals surface area contributed by atoms with Crippen molar-refractivity contribution in [2.45, 2.75) is 26.8 Å². The SMILES string of the molecule is CCNc1cc(C)nc(CN2CCNC(=O)CC2)n1. The fourth-order valence-electron chi connectivity index (χ4n) is 2.14. The smallest absolute Gasteiger partial charge is 0.221 e. The molecule has 1 aliphatic rings. The van der Waals surface area contributed by atoms with Crippen molar-refractivity contribution in [3.05, 3.63) is 17.6 Å². The van der Waals surface area contributed by atoms with Gasteiger partial charge in [-0.2, -0.15) is 0 Å². The molecule has 0 bridgehead atoms. The summed E-state index contributed by atoms with van der Waals surface area (Å²) in [5.74, 6) is 1.81. The first kappa shape index (κ1) is 13.7. The Morgan fingerprint density at radius 2 is 2.26 bits per heavy atom. The molecule has 6 nitrogen and oxygen atoms in total. The van der Waals surface area contributed by atoms with E-state index in [2.05, 4.69) is 25.5 Å². The zero-order valence-electron chi connectivity index (χ0n) is 11.6. The highest BCUT2D eigenvalue weighted by Crippen LogP contribution is 2.09. The van der Waals surface area contributed by atoms with Crippen LogP contribution in [0.25, 0.3) is 0 Å². The Morgan fingerprint density at radius 1 is 1.42 bits per heavy atom. The third kappa shape index (κ3) is 4.17. The summed E-state index contributed by atoms with van der Waals surface area (Å²) >= 11 is 0. The van der Waals surface area contributed by atoms with E-state index in [1.165, 1.54) is 0 Å². The molecular weight excluding hydrogens is 242 g/mol. The van der Waals surface area contributed by atoms with Gasteiger partial charge in [-0.15, -0.1) is 0 Å². The highest BCUT2D eigenvalue weighted by atomic mass is 16.1. The minimum Gasteiger partial charge on any atom is -0.370 e. The van der Waals surface area contributed by atoms with Gasteiger partial charge in [0.25, 0.3) is 0 Å². The molecule has 104 valence electrons. The van der Waals surface area contributed by atoms with Gasteiger partial charge in [0.2, 0.25) is 5.91 Å². The normalized spacial score (nSPS) is 16.8. The lowest BCUT2D eigenvalue weighted by atomic mass is 10.3. The van der Waals surface area contributed by atoms with Crippen LogP contribution in [-0.4, -0.2) is 47.0 Å². The fraction of sp³-hybridized carbons (Fsp3) is 0.615. The first-order valence-electron chi connectivity index (χ1n) is 6.75. The maximum absolute atomic E-state index is 11.3. The number of aromatic nitrogens is 2. The van der Waals surface area contributed by atoms with E-state index < -0.39 is 0 Å². The predicted octanol–water partition coefficient (Wildman–Crippen LogP) is 0.539. The Morgan fingerprint density at radius 3 is 3.05 bits per heavy atom. The Hall–Kier alpha value is -1.69. The number of nitrogens with zero attached hydrogens (tertiary/aromatic N) is 3. The van der Waals surface area contributed by atoms with E-state index in [0.717, 1.165) is 37.0 Å². The van der Waals surface area contributed by atoms with Gasteiger partial charge < -0.3 is 10.6 Å². The van der Waals surface area contributed by atoms with Crippen LogP contribution >= 0.6 is 0 Å². The number of nitrogens with one attached hydrogen (secondary N) is 2. The van der Waals surface area contributed by atoms with Crippen LogP contribution in [0.5, 0.6) is 0 Å². The third-order valence-corrected chi connectivity index (χ3v) is 3.03. The molecule has 2 rings (SSSR count). The first-order chi connectivity index (χ1) is 9.17. The van der Waals surface area contributed by atoms with Crippen LogP contribution in [0.1, 0.15) is 24.9 Å². The van der Waals surface area contributed by atoms with E-state index >= 15 is 0 Å². The molecule has 0 atom stereocenters. The van der Waals surface area contributed by atoms with E-state index in [1.807, 2.05) is 19.9 Å². The topological polar surface area (TPSA) is 70.2 Å². The van der Waals surface area contributed by atoms with Crippen molar-refractivity contribution in [1.82, 2.24) is 20.2 Å². The van der Waals surface area contributed by atoms with Gasteiger partial charge in [0.1, 0.15) is 11.6 Å². The molecule has 2 heterocycles. The Kier molecular flexibility index (Phi) is 4.68. The number of hydrogen-bond donors (Lipinski definition) is 2. The zero-order chi connectivity index (χ0) is 13.7. The molecule has 0 aromatic carbocycles. The molecule has 1 fully saturated rings. The minimum absolute atomic E-state index is 0.126. The molecule has 0 radical (unpaired) electrons. The second kappa shape index (κ2) is 6.47. The van der Waals surface area contributed by atoms with Crippen molar-refractivity contribution in [2.24, 2.45) is 0 Å². The van der Waals surface area contributed by atoms with E-state index in [0.29, 0.717) is 19.5 Å². The molecule has 1 saturated heterocycles. The molecule has 1 aliphatic heterocycles. The summed E-state index contributed by atoms with van der Waals surface area (Å²) in [6.45, 7) is 7.86. The van der Waals surface area contributed by atoms with Crippen molar-refractivity contribution in [3.8, 4) is 0 Å². The monoisotopic (exact) mass is 263 g/mol. The lowest BCUT2D eigenvalue weighted by Crippen LogP contribution is -2.29. The van der Waals surface area contributed by atoms with Gasteiger partial charge in [0.15, 0.2) is 0 Å². The first-order valence-corrected chi connectivity index (χ1v) is 6.75. The maximum Gasteiger partial charge on any atom is 0.221 e. The van der Waals surface area contributed by atoms with Gasteiger partial charge in [-0.1, -0.05) is 0 Å². The standard InChI is InChI=1S/C13H21N5O/c1-3-14-11-8-10(2)16-12(17-11)9-18-6-4-13(19)15-5-7-18/h8H,3-7,9H2,1-2H3,(H,15,19)(H,14,16,17). The number of carbonyl (C=O) groups is 1. The molecule has 0 aliphatic carbocycles. The van der Waals surface area contributed by atoms with E-state index in [1.54, 1.807) is 0 Å². The molecule has 1 aromatic heterocycles. The largest absolute Gasteiger partial charge is 0.370 e. The average molecular weight is 263 g/mol. The third-order valence-electron chi connectivity index (χ3n) is 3.03. The van der Waals surface area contributed by atoms with E-state index in [9.17, 15) is 4.79 Å². The van der Waals surface area contributed by atoms with Crippen LogP contribution in [0.3, 0.4) is 0 Å². The summed E-state index contributed by atoms with van der Waals surface area (Å²) in [5, 5.41) is 6.08. The molecule has 2 N–H and O–H groups in total. The van der Waals surface area contributed by atoms with Gasteiger partial charge >= 0.3 is 0 Å². The molecule has 0 spiro atoms. The minimum atomic E-state index is 0.126. The lowest BCUT2D eigenvalue weighted by molar-refractivity contribution is -0.120. The molecule has 1 aromatic rings. The summed E-state index contributed by atoms with van der Waals surface area (Å²) in [7, 11) is 0. The van der Waals surface area contributed by atoms with Gasteiger partial charge in [0, 0.05) is 44.4 Å². The van der Waals surface area contributed by atoms with E-state index in [4.69, 9.17) is 0 Å². The van der Waals surface area contributed by atoms with Crippen LogP contribution in [0, 0.1) is 6.92 Å². The van der Waals surface area contributed by atoms with Crippen LogP contribution in [0.4, 0.5) is 5.82 Å². The second-order valence-corrected chi connectivity index (χ2v) is 4.72. The summed E-state index contributed by atoms with van der Waals surface area (Å²) in [5.41, 5.74) is 0.963. The van der Waals surface area contributed by atoms with Crippen LogP contribution in [0.15, 0.2) is 6.07 Å². The van der Waals surface area contributed by atoms with Crippen LogP contribution < -0.4 is 10.6 Å². The lowest BCUT2D eigenvalue weighted by Gasteiger charge is -2.18. The van der Waals surface area contributed by atoms with Crippen molar-refractivity contribution in [3.63, 3.8) is 0 Å². The molecule has 1 amide bonds. The number of amides is 1. The number of carbonyl (C=O) groups excluding carboxylic acids is 1.